The Morgan fingerprint density at radius 2 is 1.30 bits per heavy atom. The van der Waals surface area contributed by atoms with Crippen molar-refractivity contribution in [2.45, 2.75) is 12.3 Å². The third-order valence-corrected chi connectivity index (χ3v) is 5.29. The molecule has 4 aromatic rings. The van der Waals surface area contributed by atoms with E-state index in [1.165, 1.54) is 0 Å². The molecule has 5 rings (SSSR count). The van der Waals surface area contributed by atoms with Gasteiger partial charge in [0.2, 0.25) is 0 Å². The molecule has 1 aliphatic rings. The number of carbonyl (C=O) groups is 1. The summed E-state index contributed by atoms with van der Waals surface area (Å²) in [4.78, 5) is 13.3. The molecule has 130 valence electrons. The maximum absolute atomic E-state index is 13.3. The molecule has 0 atom stereocenters. The third kappa shape index (κ3) is 2.70. The Balaban J connectivity index is 1.58. The van der Waals surface area contributed by atoms with Crippen molar-refractivity contribution in [2.24, 2.45) is 0 Å². The quantitative estimate of drug-likeness (QED) is 0.402. The van der Waals surface area contributed by atoms with Gasteiger partial charge in [0.05, 0.1) is 0 Å². The standard InChI is InChI=1S/C25H18O2/c26-23(19-13-7-9-17-8-1-2-10-18(17)19)16-22-20-11-3-5-14-24(20)27-25-15-6-4-12-21(22)25/h1-15,22H,16H2. The van der Waals surface area contributed by atoms with Gasteiger partial charge in [0.25, 0.3) is 0 Å². The van der Waals surface area contributed by atoms with Crippen molar-refractivity contribution in [3.05, 3.63) is 108 Å². The lowest BCUT2D eigenvalue weighted by molar-refractivity contribution is 0.0978. The molecule has 0 radical (unpaired) electrons. The predicted octanol–water partition coefficient (Wildman–Crippen LogP) is 6.35. The molecule has 4 aromatic carbocycles. The lowest BCUT2D eigenvalue weighted by atomic mass is 9.83. The second-order valence-corrected chi connectivity index (χ2v) is 6.88. The minimum atomic E-state index is -0.00221. The van der Waals surface area contributed by atoms with E-state index in [0.717, 1.165) is 39.0 Å². The van der Waals surface area contributed by atoms with Crippen LogP contribution in [-0.2, 0) is 0 Å². The molecule has 2 heteroatoms. The van der Waals surface area contributed by atoms with Crippen molar-refractivity contribution in [1.82, 2.24) is 0 Å². The summed E-state index contributed by atoms with van der Waals surface area (Å²) in [6.07, 6.45) is 0.422. The molecule has 0 saturated heterocycles. The van der Waals surface area contributed by atoms with Crippen LogP contribution in [0.1, 0.15) is 33.8 Å². The van der Waals surface area contributed by atoms with Gasteiger partial charge in [0.15, 0.2) is 5.78 Å². The van der Waals surface area contributed by atoms with Gasteiger partial charge in [0, 0.05) is 29.0 Å². The molecule has 0 amide bonds. The Hall–Kier alpha value is -3.39. The number of hydrogen-bond donors (Lipinski definition) is 0. The molecule has 0 bridgehead atoms. The summed E-state index contributed by atoms with van der Waals surface area (Å²) in [5.41, 5.74) is 2.93. The molecule has 1 aliphatic heterocycles. The van der Waals surface area contributed by atoms with E-state index in [2.05, 4.69) is 12.1 Å². The van der Waals surface area contributed by atoms with Crippen LogP contribution in [0.2, 0.25) is 0 Å². The molecule has 0 saturated carbocycles. The topological polar surface area (TPSA) is 26.3 Å². The van der Waals surface area contributed by atoms with Gasteiger partial charge in [-0.2, -0.15) is 0 Å². The molecule has 27 heavy (non-hydrogen) atoms. The monoisotopic (exact) mass is 350 g/mol. The summed E-state index contributed by atoms with van der Waals surface area (Å²) in [7, 11) is 0. The average Bonchev–Trinajstić information content (AvgIpc) is 2.73. The fraction of sp³-hybridized carbons (Fsp3) is 0.0800. The zero-order valence-corrected chi connectivity index (χ0v) is 14.8. The Bertz CT molecular complexity index is 1110. The first-order chi connectivity index (χ1) is 13.3. The van der Waals surface area contributed by atoms with Gasteiger partial charge >= 0.3 is 0 Å². The first-order valence-corrected chi connectivity index (χ1v) is 9.18. The lowest BCUT2D eigenvalue weighted by Gasteiger charge is -2.28. The number of rotatable bonds is 3. The summed E-state index contributed by atoms with van der Waals surface area (Å²) in [5.74, 6) is 1.83. The van der Waals surface area contributed by atoms with E-state index < -0.39 is 0 Å². The van der Waals surface area contributed by atoms with Crippen LogP contribution in [0.4, 0.5) is 0 Å². The summed E-state index contributed by atoms with van der Waals surface area (Å²) < 4.78 is 6.05. The second kappa shape index (κ2) is 6.40. The van der Waals surface area contributed by atoms with Gasteiger partial charge in [-0.3, -0.25) is 4.79 Å². The number of ketones is 1. The van der Waals surface area contributed by atoms with Crippen LogP contribution in [-0.4, -0.2) is 5.78 Å². The van der Waals surface area contributed by atoms with Crippen LogP contribution >= 0.6 is 0 Å². The van der Waals surface area contributed by atoms with Gasteiger partial charge in [-0.05, 0) is 22.9 Å². The van der Waals surface area contributed by atoms with Crippen LogP contribution in [0.3, 0.4) is 0 Å². The molecule has 0 N–H and O–H groups in total. The molecule has 0 spiro atoms. The lowest BCUT2D eigenvalue weighted by Crippen LogP contribution is -2.14. The normalized spacial score (nSPS) is 12.9. The van der Waals surface area contributed by atoms with E-state index in [1.807, 2.05) is 78.9 Å². The first-order valence-electron chi connectivity index (χ1n) is 9.18. The van der Waals surface area contributed by atoms with Crippen LogP contribution in [0.15, 0.2) is 91.0 Å². The van der Waals surface area contributed by atoms with Crippen molar-refractivity contribution in [1.29, 1.82) is 0 Å². The van der Waals surface area contributed by atoms with E-state index in [1.54, 1.807) is 0 Å². The van der Waals surface area contributed by atoms with Gasteiger partial charge in [-0.1, -0.05) is 78.9 Å². The fourth-order valence-corrected chi connectivity index (χ4v) is 3.99. The van der Waals surface area contributed by atoms with Gasteiger partial charge in [-0.15, -0.1) is 0 Å². The third-order valence-electron chi connectivity index (χ3n) is 5.29. The number of carbonyl (C=O) groups excluding carboxylic acids is 1. The van der Waals surface area contributed by atoms with Gasteiger partial charge in [-0.25, -0.2) is 0 Å². The zero-order chi connectivity index (χ0) is 18.2. The van der Waals surface area contributed by atoms with E-state index in [9.17, 15) is 4.79 Å². The van der Waals surface area contributed by atoms with E-state index >= 15 is 0 Å². The Morgan fingerprint density at radius 3 is 2.04 bits per heavy atom. The predicted molar refractivity (Wildman–Crippen MR) is 108 cm³/mol. The highest BCUT2D eigenvalue weighted by atomic mass is 16.5. The van der Waals surface area contributed by atoms with Crippen molar-refractivity contribution < 1.29 is 9.53 Å². The molecular formula is C25H18O2. The smallest absolute Gasteiger partial charge is 0.164 e. The highest BCUT2D eigenvalue weighted by Crippen LogP contribution is 2.45. The summed E-state index contributed by atoms with van der Waals surface area (Å²) in [5, 5.41) is 2.11. The number of fused-ring (bicyclic) bond motifs is 3. The highest BCUT2D eigenvalue weighted by Gasteiger charge is 2.29. The van der Waals surface area contributed by atoms with Crippen molar-refractivity contribution in [2.75, 3.05) is 0 Å². The maximum Gasteiger partial charge on any atom is 0.164 e. The molecule has 1 heterocycles. The van der Waals surface area contributed by atoms with E-state index in [4.69, 9.17) is 4.74 Å². The Labute approximate surface area is 158 Å². The first kappa shape index (κ1) is 15.8. The van der Waals surface area contributed by atoms with Crippen LogP contribution in [0.25, 0.3) is 10.8 Å². The van der Waals surface area contributed by atoms with Gasteiger partial charge in [0.1, 0.15) is 11.5 Å². The number of hydrogen-bond acceptors (Lipinski definition) is 2. The largest absolute Gasteiger partial charge is 0.457 e. The molecule has 2 nitrogen and oxygen atoms in total. The summed E-state index contributed by atoms with van der Waals surface area (Å²) in [6, 6.07) is 30.0. The van der Waals surface area contributed by atoms with Crippen LogP contribution in [0.5, 0.6) is 11.5 Å². The zero-order valence-electron chi connectivity index (χ0n) is 14.8. The van der Waals surface area contributed by atoms with Gasteiger partial charge < -0.3 is 4.74 Å². The van der Waals surface area contributed by atoms with Crippen LogP contribution < -0.4 is 4.74 Å². The second-order valence-electron chi connectivity index (χ2n) is 6.88. The summed E-state index contributed by atoms with van der Waals surface area (Å²) >= 11 is 0. The highest BCUT2D eigenvalue weighted by molar-refractivity contribution is 6.08. The van der Waals surface area contributed by atoms with Crippen molar-refractivity contribution in [3.63, 3.8) is 0 Å². The maximum atomic E-state index is 13.3. The minimum Gasteiger partial charge on any atom is -0.457 e. The molecule has 0 aromatic heterocycles. The van der Waals surface area contributed by atoms with Crippen molar-refractivity contribution >= 4 is 16.6 Å². The van der Waals surface area contributed by atoms with E-state index in [-0.39, 0.29) is 11.7 Å². The van der Waals surface area contributed by atoms with E-state index in [0.29, 0.717) is 6.42 Å². The average molecular weight is 350 g/mol. The number of benzene rings is 4. The molecular weight excluding hydrogens is 332 g/mol. The van der Waals surface area contributed by atoms with Crippen molar-refractivity contribution in [3.8, 4) is 11.5 Å². The van der Waals surface area contributed by atoms with Crippen LogP contribution in [0, 0.1) is 0 Å². The fourth-order valence-electron chi connectivity index (χ4n) is 3.99. The molecule has 0 aliphatic carbocycles. The molecule has 0 fully saturated rings. The number of para-hydroxylation sites is 2. The summed E-state index contributed by atoms with van der Waals surface area (Å²) in [6.45, 7) is 0. The molecule has 0 unspecified atom stereocenters. The number of Topliss-reactive ketones (excluding diaryl/α,β-unsaturated/α-hetero) is 1. The number of ether oxygens (including phenoxy) is 1. The SMILES string of the molecule is O=C(CC1c2ccccc2Oc2ccccc21)c1cccc2ccccc12. The Morgan fingerprint density at radius 1 is 0.704 bits per heavy atom. The minimum absolute atomic E-state index is 0.00221. The Kier molecular flexibility index (Phi) is 3.75.